The fourth-order valence-corrected chi connectivity index (χ4v) is 1.36. The van der Waals surface area contributed by atoms with Gasteiger partial charge in [0.05, 0.1) is 11.8 Å². The minimum atomic E-state index is 0.0235. The molecule has 0 aromatic rings. The summed E-state index contributed by atoms with van der Waals surface area (Å²) in [6, 6.07) is 0.0235. The Kier molecular flexibility index (Phi) is 3.62. The molecule has 1 atom stereocenters. The van der Waals surface area contributed by atoms with Crippen LogP contribution in [0.4, 0.5) is 0 Å². The zero-order valence-electron chi connectivity index (χ0n) is 9.22. The van der Waals surface area contributed by atoms with Gasteiger partial charge in [-0.15, -0.1) is 0 Å². The van der Waals surface area contributed by atoms with Crippen molar-refractivity contribution in [2.45, 2.75) is 19.9 Å². The molecule has 0 aromatic heterocycles. The van der Waals surface area contributed by atoms with Crippen LogP contribution >= 0.6 is 0 Å². The van der Waals surface area contributed by atoms with Gasteiger partial charge in [0.1, 0.15) is 12.1 Å². The Balaban J connectivity index is 2.94. The van der Waals surface area contributed by atoms with Crippen LogP contribution < -0.4 is 10.8 Å². The van der Waals surface area contributed by atoms with Crippen LogP contribution in [0, 0.1) is 5.41 Å². The molecule has 0 aromatic carbocycles. The average Bonchev–Trinajstić information content (AvgIpc) is 2.65. The van der Waals surface area contributed by atoms with Gasteiger partial charge in [-0.1, -0.05) is 0 Å². The lowest BCUT2D eigenvalue weighted by Crippen LogP contribution is -2.24. The molecule has 1 unspecified atom stereocenters. The molecule has 0 amide bonds. The van der Waals surface area contributed by atoms with Gasteiger partial charge in [-0.2, -0.15) is 5.48 Å². The van der Waals surface area contributed by atoms with E-state index >= 15 is 0 Å². The SMILES string of the molecule is C=N/C(NC)=C(/C)C(=N)C1=CONC1C. The molecule has 0 fully saturated rings. The lowest BCUT2D eigenvalue weighted by Gasteiger charge is -2.11. The highest BCUT2D eigenvalue weighted by Crippen LogP contribution is 2.16. The summed E-state index contributed by atoms with van der Waals surface area (Å²) in [7, 11) is 1.75. The number of nitrogens with one attached hydrogen (secondary N) is 3. The van der Waals surface area contributed by atoms with Gasteiger partial charge >= 0.3 is 0 Å². The molecule has 3 N–H and O–H groups in total. The molecule has 1 heterocycles. The molecular formula is C10H16N4O. The Morgan fingerprint density at radius 3 is 2.80 bits per heavy atom. The Bertz CT molecular complexity index is 343. The lowest BCUT2D eigenvalue weighted by molar-refractivity contribution is 0.146. The number of hydroxylamine groups is 1. The van der Waals surface area contributed by atoms with Crippen LogP contribution in [0.3, 0.4) is 0 Å². The second-order valence-electron chi connectivity index (χ2n) is 3.29. The maximum absolute atomic E-state index is 7.99. The minimum absolute atomic E-state index is 0.0235. The largest absolute Gasteiger partial charge is 0.416 e. The maximum atomic E-state index is 7.99. The summed E-state index contributed by atoms with van der Waals surface area (Å²) in [4.78, 5) is 8.76. The number of hydrogen-bond acceptors (Lipinski definition) is 5. The molecule has 0 radical (unpaired) electrons. The van der Waals surface area contributed by atoms with Crippen molar-refractivity contribution in [2.24, 2.45) is 4.99 Å². The summed E-state index contributed by atoms with van der Waals surface area (Å²) in [6.07, 6.45) is 1.55. The van der Waals surface area contributed by atoms with Crippen LogP contribution in [-0.2, 0) is 4.84 Å². The van der Waals surface area contributed by atoms with E-state index in [1.54, 1.807) is 13.3 Å². The summed E-state index contributed by atoms with van der Waals surface area (Å²) >= 11 is 0. The van der Waals surface area contributed by atoms with E-state index in [9.17, 15) is 0 Å². The average molecular weight is 208 g/mol. The lowest BCUT2D eigenvalue weighted by atomic mass is 10.0. The topological polar surface area (TPSA) is 69.5 Å². The standard InChI is InChI=1S/C10H16N4O/c1-6(10(12-3)13-4)9(11)8-5-15-14-7(8)2/h5,7,11,13-14H,3H2,1-2,4H3/b10-6+,11-9?. The molecular weight excluding hydrogens is 192 g/mol. The summed E-state index contributed by atoms with van der Waals surface area (Å²) in [5, 5.41) is 10.9. The first-order valence-corrected chi connectivity index (χ1v) is 4.67. The Hall–Kier alpha value is -1.62. The number of nitrogens with zero attached hydrogens (tertiary/aromatic N) is 1. The van der Waals surface area contributed by atoms with Crippen molar-refractivity contribution in [2.75, 3.05) is 7.05 Å². The first kappa shape index (κ1) is 11.5. The van der Waals surface area contributed by atoms with Gasteiger partial charge in [-0.25, -0.2) is 4.99 Å². The second kappa shape index (κ2) is 4.75. The normalized spacial score (nSPS) is 21.3. The predicted molar refractivity (Wildman–Crippen MR) is 60.8 cm³/mol. The molecule has 0 spiro atoms. The summed E-state index contributed by atoms with van der Waals surface area (Å²) in [5.74, 6) is 0.611. The second-order valence-corrected chi connectivity index (χ2v) is 3.29. The van der Waals surface area contributed by atoms with Crippen molar-refractivity contribution in [1.82, 2.24) is 10.8 Å². The third kappa shape index (κ3) is 2.24. The molecule has 5 nitrogen and oxygen atoms in total. The van der Waals surface area contributed by atoms with Crippen LogP contribution in [0.2, 0.25) is 0 Å². The molecule has 82 valence electrons. The van der Waals surface area contributed by atoms with Crippen molar-refractivity contribution >= 4 is 12.4 Å². The third-order valence-corrected chi connectivity index (χ3v) is 2.31. The predicted octanol–water partition coefficient (Wildman–Crippen LogP) is 0.965. The van der Waals surface area contributed by atoms with Crippen LogP contribution in [0.15, 0.2) is 28.2 Å². The van der Waals surface area contributed by atoms with Crippen molar-refractivity contribution < 1.29 is 4.84 Å². The first-order valence-electron chi connectivity index (χ1n) is 4.67. The zero-order valence-corrected chi connectivity index (χ0v) is 9.22. The van der Waals surface area contributed by atoms with E-state index in [0.717, 1.165) is 11.1 Å². The number of allylic oxidation sites excluding steroid dienone is 1. The minimum Gasteiger partial charge on any atom is -0.416 e. The molecule has 1 aliphatic rings. The summed E-state index contributed by atoms with van der Waals surface area (Å²) < 4.78 is 0. The molecule has 1 aliphatic heterocycles. The number of aliphatic imine (C=N–C) groups is 1. The highest BCUT2D eigenvalue weighted by Gasteiger charge is 2.21. The highest BCUT2D eigenvalue weighted by molar-refractivity contribution is 6.11. The maximum Gasteiger partial charge on any atom is 0.129 e. The van der Waals surface area contributed by atoms with Gasteiger partial charge in [0.15, 0.2) is 0 Å². The monoisotopic (exact) mass is 208 g/mol. The van der Waals surface area contributed by atoms with E-state index in [2.05, 4.69) is 22.5 Å². The molecule has 0 aliphatic carbocycles. The van der Waals surface area contributed by atoms with Gasteiger partial charge in [-0.05, 0) is 20.6 Å². The van der Waals surface area contributed by atoms with E-state index < -0.39 is 0 Å². The Morgan fingerprint density at radius 1 is 1.73 bits per heavy atom. The molecule has 0 bridgehead atoms. The van der Waals surface area contributed by atoms with Gasteiger partial charge in [0, 0.05) is 18.2 Å². The van der Waals surface area contributed by atoms with Crippen LogP contribution in [-0.4, -0.2) is 25.5 Å². The van der Waals surface area contributed by atoms with Crippen LogP contribution in [0.5, 0.6) is 0 Å². The van der Waals surface area contributed by atoms with Crippen molar-refractivity contribution in [3.05, 3.63) is 23.2 Å². The highest BCUT2D eigenvalue weighted by atomic mass is 16.6. The van der Waals surface area contributed by atoms with Gasteiger partial charge < -0.3 is 15.6 Å². The number of hydrogen-bond donors (Lipinski definition) is 3. The molecule has 15 heavy (non-hydrogen) atoms. The smallest absolute Gasteiger partial charge is 0.129 e. The van der Waals surface area contributed by atoms with Crippen molar-refractivity contribution in [3.8, 4) is 0 Å². The summed E-state index contributed by atoms with van der Waals surface area (Å²) in [5.41, 5.74) is 4.72. The van der Waals surface area contributed by atoms with Crippen LogP contribution in [0.25, 0.3) is 0 Å². The first-order chi connectivity index (χ1) is 7.11. The van der Waals surface area contributed by atoms with Crippen molar-refractivity contribution in [1.29, 1.82) is 5.41 Å². The molecule has 0 saturated carbocycles. The quantitative estimate of drug-likeness (QED) is 0.603. The Morgan fingerprint density at radius 2 is 2.40 bits per heavy atom. The third-order valence-electron chi connectivity index (χ3n) is 2.31. The van der Waals surface area contributed by atoms with Crippen molar-refractivity contribution in [3.63, 3.8) is 0 Å². The zero-order chi connectivity index (χ0) is 11.4. The van der Waals surface area contributed by atoms with Crippen LogP contribution in [0.1, 0.15) is 13.8 Å². The van der Waals surface area contributed by atoms with Gasteiger partial charge in [0.2, 0.25) is 0 Å². The number of rotatable bonds is 4. The summed E-state index contributed by atoms with van der Waals surface area (Å²) in [6.45, 7) is 7.21. The van der Waals surface area contributed by atoms with E-state index in [1.807, 2.05) is 13.8 Å². The fraction of sp³-hybridized carbons (Fsp3) is 0.400. The fourth-order valence-electron chi connectivity index (χ4n) is 1.36. The van der Waals surface area contributed by atoms with E-state index in [1.165, 1.54) is 0 Å². The molecule has 5 heteroatoms. The Labute approximate surface area is 89.4 Å². The molecule has 1 rings (SSSR count). The van der Waals surface area contributed by atoms with Gasteiger partial charge in [-0.3, -0.25) is 0 Å². The van der Waals surface area contributed by atoms with Gasteiger partial charge in [0.25, 0.3) is 0 Å². The van der Waals surface area contributed by atoms with E-state index in [-0.39, 0.29) is 6.04 Å². The van der Waals surface area contributed by atoms with E-state index in [0.29, 0.717) is 11.5 Å². The molecule has 0 saturated heterocycles. The van der Waals surface area contributed by atoms with E-state index in [4.69, 9.17) is 10.2 Å².